The fourth-order valence-electron chi connectivity index (χ4n) is 1.08. The highest BCUT2D eigenvalue weighted by atomic mass is 35.5. The predicted molar refractivity (Wildman–Crippen MR) is 60.7 cm³/mol. The second kappa shape index (κ2) is 5.37. The molecule has 0 aromatic heterocycles. The summed E-state index contributed by atoms with van der Waals surface area (Å²) in [6.45, 7) is 6.93. The molecule has 0 saturated heterocycles. The molecule has 2 nitrogen and oxygen atoms in total. The third-order valence-electron chi connectivity index (χ3n) is 1.82. The molecule has 0 spiro atoms. The van der Waals surface area contributed by atoms with E-state index in [1.54, 1.807) is 30.3 Å². The average Bonchev–Trinajstić information content (AvgIpc) is 2.27. The second-order valence-electron chi connectivity index (χ2n) is 2.85. The lowest BCUT2D eigenvalue weighted by atomic mass is 10.1. The molecule has 3 heteroatoms. The Labute approximate surface area is 93.8 Å². The van der Waals surface area contributed by atoms with Gasteiger partial charge in [0.25, 0.3) is 0 Å². The fraction of sp³-hybridized carbons (Fsp3) is 0.0833. The summed E-state index contributed by atoms with van der Waals surface area (Å²) in [5, 5.41) is 0.636. The molecule has 0 amide bonds. The number of carbonyl (C=O) groups excluding carboxylic acids is 1. The van der Waals surface area contributed by atoms with Crippen LogP contribution in [0.1, 0.15) is 11.7 Å². The van der Waals surface area contributed by atoms with Crippen LogP contribution in [-0.2, 0) is 9.53 Å². The SMILES string of the molecule is C=CC(=O)OC(C=C)c1ccc(Cl)cc1. The highest BCUT2D eigenvalue weighted by molar-refractivity contribution is 6.30. The predicted octanol–water partition coefficient (Wildman–Crippen LogP) is 3.30. The van der Waals surface area contributed by atoms with Gasteiger partial charge in [0.1, 0.15) is 6.10 Å². The molecule has 0 bridgehead atoms. The van der Waals surface area contributed by atoms with E-state index >= 15 is 0 Å². The van der Waals surface area contributed by atoms with Crippen molar-refractivity contribution in [1.29, 1.82) is 0 Å². The molecule has 0 heterocycles. The van der Waals surface area contributed by atoms with E-state index in [2.05, 4.69) is 13.2 Å². The molecule has 0 aliphatic heterocycles. The molecule has 0 radical (unpaired) electrons. The monoisotopic (exact) mass is 222 g/mol. The normalized spacial score (nSPS) is 11.5. The Morgan fingerprint density at radius 1 is 1.33 bits per heavy atom. The zero-order valence-corrected chi connectivity index (χ0v) is 8.91. The number of hydrogen-bond donors (Lipinski definition) is 0. The number of rotatable bonds is 4. The molecule has 0 aliphatic rings. The first-order valence-corrected chi connectivity index (χ1v) is 4.76. The van der Waals surface area contributed by atoms with E-state index in [-0.39, 0.29) is 0 Å². The Hall–Kier alpha value is -1.54. The van der Waals surface area contributed by atoms with Crippen molar-refractivity contribution in [2.75, 3.05) is 0 Å². The van der Waals surface area contributed by atoms with Crippen molar-refractivity contribution in [3.8, 4) is 0 Å². The molecule has 1 unspecified atom stereocenters. The number of hydrogen-bond acceptors (Lipinski definition) is 2. The molecular formula is C12H11ClO2. The lowest BCUT2D eigenvalue weighted by Crippen LogP contribution is -2.06. The van der Waals surface area contributed by atoms with Crippen molar-refractivity contribution < 1.29 is 9.53 Å². The van der Waals surface area contributed by atoms with Crippen LogP contribution in [0.15, 0.2) is 49.6 Å². The third kappa shape index (κ3) is 3.26. The Bertz CT molecular complexity index is 368. The number of halogens is 1. The van der Waals surface area contributed by atoms with Gasteiger partial charge in [-0.2, -0.15) is 0 Å². The average molecular weight is 223 g/mol. The summed E-state index contributed by atoms with van der Waals surface area (Å²) >= 11 is 5.74. The van der Waals surface area contributed by atoms with Gasteiger partial charge in [-0.1, -0.05) is 36.9 Å². The van der Waals surface area contributed by atoms with Gasteiger partial charge in [-0.15, -0.1) is 0 Å². The Morgan fingerprint density at radius 3 is 2.40 bits per heavy atom. The summed E-state index contributed by atoms with van der Waals surface area (Å²) in [6, 6.07) is 7.03. The van der Waals surface area contributed by atoms with Gasteiger partial charge in [0, 0.05) is 11.1 Å². The largest absolute Gasteiger partial charge is 0.450 e. The van der Waals surface area contributed by atoms with Gasteiger partial charge < -0.3 is 4.74 Å². The summed E-state index contributed by atoms with van der Waals surface area (Å²) in [7, 11) is 0. The molecule has 0 fully saturated rings. The highest BCUT2D eigenvalue weighted by Crippen LogP contribution is 2.20. The Morgan fingerprint density at radius 2 is 1.93 bits per heavy atom. The zero-order chi connectivity index (χ0) is 11.3. The quantitative estimate of drug-likeness (QED) is 0.444. The van der Waals surface area contributed by atoms with Gasteiger partial charge in [0.05, 0.1) is 0 Å². The first-order chi connectivity index (χ1) is 7.17. The van der Waals surface area contributed by atoms with Crippen LogP contribution in [0.2, 0.25) is 5.02 Å². The van der Waals surface area contributed by atoms with Crippen molar-refractivity contribution in [2.24, 2.45) is 0 Å². The van der Waals surface area contributed by atoms with Gasteiger partial charge in [0.2, 0.25) is 0 Å². The van der Waals surface area contributed by atoms with Crippen LogP contribution >= 0.6 is 11.6 Å². The maximum Gasteiger partial charge on any atom is 0.331 e. The van der Waals surface area contributed by atoms with Gasteiger partial charge >= 0.3 is 5.97 Å². The molecule has 1 rings (SSSR count). The topological polar surface area (TPSA) is 26.3 Å². The smallest absolute Gasteiger partial charge is 0.331 e. The number of esters is 1. The minimum absolute atomic E-state index is 0.465. The minimum Gasteiger partial charge on any atom is -0.450 e. The van der Waals surface area contributed by atoms with E-state index in [9.17, 15) is 4.79 Å². The molecule has 1 aromatic carbocycles. The first-order valence-electron chi connectivity index (χ1n) is 4.38. The summed E-state index contributed by atoms with van der Waals surface area (Å²) in [5.74, 6) is -0.477. The fourth-order valence-corrected chi connectivity index (χ4v) is 1.20. The first kappa shape index (κ1) is 11.5. The van der Waals surface area contributed by atoms with Gasteiger partial charge in [-0.3, -0.25) is 0 Å². The van der Waals surface area contributed by atoms with Gasteiger partial charge in [0.15, 0.2) is 0 Å². The van der Waals surface area contributed by atoms with Crippen LogP contribution in [0.5, 0.6) is 0 Å². The molecule has 1 aromatic rings. The van der Waals surface area contributed by atoms with Gasteiger partial charge in [-0.25, -0.2) is 4.79 Å². The number of ether oxygens (including phenoxy) is 1. The number of carbonyl (C=O) groups is 1. The molecule has 0 N–H and O–H groups in total. The molecular weight excluding hydrogens is 212 g/mol. The van der Waals surface area contributed by atoms with Crippen molar-refractivity contribution in [3.63, 3.8) is 0 Å². The van der Waals surface area contributed by atoms with Crippen LogP contribution in [0.3, 0.4) is 0 Å². The standard InChI is InChI=1S/C12H11ClO2/c1-3-11(15-12(14)4-2)9-5-7-10(13)8-6-9/h3-8,11H,1-2H2. The summed E-state index contributed by atoms with van der Waals surface area (Å²) in [6.07, 6.45) is 2.20. The van der Waals surface area contributed by atoms with Crippen molar-refractivity contribution in [1.82, 2.24) is 0 Å². The van der Waals surface area contributed by atoms with Crippen LogP contribution in [0.4, 0.5) is 0 Å². The Balaban J connectivity index is 2.82. The molecule has 0 aliphatic carbocycles. The van der Waals surface area contributed by atoms with Crippen molar-refractivity contribution in [2.45, 2.75) is 6.10 Å². The van der Waals surface area contributed by atoms with Crippen LogP contribution in [0, 0.1) is 0 Å². The summed E-state index contributed by atoms with van der Waals surface area (Å²) in [4.78, 5) is 11.0. The molecule has 78 valence electrons. The molecule has 15 heavy (non-hydrogen) atoms. The van der Waals surface area contributed by atoms with Crippen LogP contribution in [0.25, 0.3) is 0 Å². The van der Waals surface area contributed by atoms with E-state index in [0.29, 0.717) is 5.02 Å². The Kier molecular flexibility index (Phi) is 4.13. The highest BCUT2D eigenvalue weighted by Gasteiger charge is 2.10. The minimum atomic E-state index is -0.477. The van der Waals surface area contributed by atoms with E-state index < -0.39 is 12.1 Å². The lowest BCUT2D eigenvalue weighted by Gasteiger charge is -2.12. The molecule has 1 atom stereocenters. The zero-order valence-electron chi connectivity index (χ0n) is 8.15. The van der Waals surface area contributed by atoms with Crippen LogP contribution < -0.4 is 0 Å². The van der Waals surface area contributed by atoms with E-state index in [0.717, 1.165) is 11.6 Å². The molecule has 0 saturated carbocycles. The van der Waals surface area contributed by atoms with Crippen molar-refractivity contribution >= 4 is 17.6 Å². The number of benzene rings is 1. The van der Waals surface area contributed by atoms with E-state index in [1.165, 1.54) is 0 Å². The van der Waals surface area contributed by atoms with E-state index in [4.69, 9.17) is 16.3 Å². The van der Waals surface area contributed by atoms with Gasteiger partial charge in [-0.05, 0) is 23.8 Å². The third-order valence-corrected chi connectivity index (χ3v) is 2.07. The van der Waals surface area contributed by atoms with Crippen molar-refractivity contribution in [3.05, 3.63) is 60.2 Å². The second-order valence-corrected chi connectivity index (χ2v) is 3.29. The van der Waals surface area contributed by atoms with E-state index in [1.807, 2.05) is 0 Å². The maximum atomic E-state index is 11.0. The summed E-state index contributed by atoms with van der Waals surface area (Å²) in [5.41, 5.74) is 0.824. The summed E-state index contributed by atoms with van der Waals surface area (Å²) < 4.78 is 5.06. The maximum absolute atomic E-state index is 11.0. The lowest BCUT2D eigenvalue weighted by molar-refractivity contribution is -0.141. The van der Waals surface area contributed by atoms with Crippen LogP contribution in [-0.4, -0.2) is 5.97 Å².